The zero-order valence-electron chi connectivity index (χ0n) is 10.1. The molecule has 0 fully saturated rings. The van der Waals surface area contributed by atoms with Crippen LogP contribution in [0.3, 0.4) is 0 Å². The van der Waals surface area contributed by atoms with Crippen LogP contribution in [-0.2, 0) is 20.7 Å². The fourth-order valence-corrected chi connectivity index (χ4v) is 1.55. The van der Waals surface area contributed by atoms with Crippen molar-refractivity contribution in [3.8, 4) is 0 Å². The summed E-state index contributed by atoms with van der Waals surface area (Å²) in [7, 11) is 0. The van der Waals surface area contributed by atoms with Crippen LogP contribution in [0, 0.1) is 0 Å². The van der Waals surface area contributed by atoms with Gasteiger partial charge in [0, 0.05) is 6.61 Å². The lowest BCUT2D eigenvalue weighted by molar-refractivity contribution is -0.128. The van der Waals surface area contributed by atoms with Gasteiger partial charge in [-0.3, -0.25) is 4.79 Å². The summed E-state index contributed by atoms with van der Waals surface area (Å²) in [6, 6.07) is 10.3. The molecule has 0 N–H and O–H groups in total. The molecule has 0 radical (unpaired) electrons. The Morgan fingerprint density at radius 1 is 0.941 bits per heavy atom. The summed E-state index contributed by atoms with van der Waals surface area (Å²) < 4.78 is 10.1. The number of unbranched alkanes of at least 4 members (excludes halogenated alkanes) is 2. The molecule has 1 rings (SSSR count). The maximum atomic E-state index is 9.87. The number of benzene rings is 1. The zero-order valence-corrected chi connectivity index (χ0v) is 10.1. The molecule has 0 saturated heterocycles. The van der Waals surface area contributed by atoms with Crippen LogP contribution < -0.4 is 0 Å². The van der Waals surface area contributed by atoms with Crippen molar-refractivity contribution in [1.29, 1.82) is 0 Å². The first-order chi connectivity index (χ1) is 8.43. The van der Waals surface area contributed by atoms with E-state index in [-0.39, 0.29) is 0 Å². The minimum absolute atomic E-state index is 0.496. The average Bonchev–Trinajstić information content (AvgIpc) is 2.38. The van der Waals surface area contributed by atoms with E-state index in [0.717, 1.165) is 38.9 Å². The smallest absolute Gasteiger partial charge is 0.293 e. The van der Waals surface area contributed by atoms with Gasteiger partial charge in [-0.15, -0.1) is 0 Å². The van der Waals surface area contributed by atoms with E-state index < -0.39 is 0 Å². The van der Waals surface area contributed by atoms with E-state index in [4.69, 9.17) is 4.74 Å². The highest BCUT2D eigenvalue weighted by Gasteiger charge is 1.93. The Balaban J connectivity index is 1.86. The van der Waals surface area contributed by atoms with Gasteiger partial charge < -0.3 is 9.47 Å². The lowest BCUT2D eigenvalue weighted by atomic mass is 10.2. The highest BCUT2D eigenvalue weighted by Crippen LogP contribution is 2.01. The summed E-state index contributed by atoms with van der Waals surface area (Å²) in [4.78, 5) is 9.87. The molecule has 1 aromatic rings. The van der Waals surface area contributed by atoms with Gasteiger partial charge in [-0.25, -0.2) is 0 Å². The van der Waals surface area contributed by atoms with E-state index in [1.807, 2.05) is 18.2 Å². The standard InChI is InChI=1S/C14H20O3/c15-13-17-11-6-2-5-10-16-12-9-14-7-3-1-4-8-14/h1,3-4,7-8,13H,2,5-6,9-12H2. The molecule has 0 unspecified atom stereocenters. The number of carbonyl (C=O) groups excluding carboxylic acids is 1. The summed E-state index contributed by atoms with van der Waals surface area (Å²) >= 11 is 0. The van der Waals surface area contributed by atoms with Crippen molar-refractivity contribution in [3.63, 3.8) is 0 Å². The van der Waals surface area contributed by atoms with E-state index in [1.165, 1.54) is 5.56 Å². The zero-order chi connectivity index (χ0) is 12.2. The molecule has 0 heterocycles. The van der Waals surface area contributed by atoms with Gasteiger partial charge in [-0.1, -0.05) is 30.3 Å². The molecule has 0 bridgehead atoms. The van der Waals surface area contributed by atoms with Crippen molar-refractivity contribution < 1.29 is 14.3 Å². The van der Waals surface area contributed by atoms with Gasteiger partial charge >= 0.3 is 0 Å². The van der Waals surface area contributed by atoms with Crippen LogP contribution in [0.5, 0.6) is 0 Å². The van der Waals surface area contributed by atoms with Crippen LogP contribution in [0.15, 0.2) is 30.3 Å². The quantitative estimate of drug-likeness (QED) is 0.462. The molecule has 0 aromatic heterocycles. The van der Waals surface area contributed by atoms with E-state index in [2.05, 4.69) is 16.9 Å². The van der Waals surface area contributed by atoms with Gasteiger partial charge in [0.1, 0.15) is 0 Å². The predicted molar refractivity (Wildman–Crippen MR) is 66.8 cm³/mol. The molecule has 3 heteroatoms. The van der Waals surface area contributed by atoms with Crippen LogP contribution in [0.1, 0.15) is 24.8 Å². The SMILES string of the molecule is O=COCCCCCOCCc1ccccc1. The Kier molecular flexibility index (Phi) is 7.94. The second kappa shape index (κ2) is 9.85. The van der Waals surface area contributed by atoms with Crippen LogP contribution in [0.2, 0.25) is 0 Å². The Morgan fingerprint density at radius 3 is 2.47 bits per heavy atom. The molecule has 94 valence electrons. The van der Waals surface area contributed by atoms with E-state index in [9.17, 15) is 4.79 Å². The molecular formula is C14H20O3. The first-order valence-corrected chi connectivity index (χ1v) is 6.10. The van der Waals surface area contributed by atoms with Crippen molar-refractivity contribution in [2.24, 2.45) is 0 Å². The number of ether oxygens (including phenoxy) is 2. The molecule has 3 nitrogen and oxygen atoms in total. The lowest BCUT2D eigenvalue weighted by Gasteiger charge is -2.04. The van der Waals surface area contributed by atoms with Crippen LogP contribution in [0.4, 0.5) is 0 Å². The van der Waals surface area contributed by atoms with E-state index in [1.54, 1.807) is 0 Å². The molecule has 1 aromatic carbocycles. The third-order valence-electron chi connectivity index (χ3n) is 2.50. The van der Waals surface area contributed by atoms with Crippen molar-refractivity contribution in [3.05, 3.63) is 35.9 Å². The summed E-state index contributed by atoms with van der Waals surface area (Å²) in [5.41, 5.74) is 1.31. The lowest BCUT2D eigenvalue weighted by Crippen LogP contribution is -2.01. The first-order valence-electron chi connectivity index (χ1n) is 6.10. The van der Waals surface area contributed by atoms with Crippen molar-refractivity contribution in [2.45, 2.75) is 25.7 Å². The summed E-state index contributed by atoms with van der Waals surface area (Å²) in [6.07, 6.45) is 3.95. The Labute approximate surface area is 103 Å². The Hall–Kier alpha value is -1.35. The molecular weight excluding hydrogens is 216 g/mol. The number of hydrogen-bond donors (Lipinski definition) is 0. The van der Waals surface area contributed by atoms with Gasteiger partial charge in [-0.2, -0.15) is 0 Å². The topological polar surface area (TPSA) is 35.5 Å². The van der Waals surface area contributed by atoms with Crippen LogP contribution >= 0.6 is 0 Å². The third-order valence-corrected chi connectivity index (χ3v) is 2.50. The largest absolute Gasteiger partial charge is 0.468 e. The minimum atomic E-state index is 0.496. The molecule has 17 heavy (non-hydrogen) atoms. The maximum absolute atomic E-state index is 9.87. The van der Waals surface area contributed by atoms with Crippen molar-refractivity contribution >= 4 is 6.47 Å². The predicted octanol–water partition coefficient (Wildman–Crippen LogP) is 2.59. The van der Waals surface area contributed by atoms with Crippen molar-refractivity contribution in [2.75, 3.05) is 19.8 Å². The normalized spacial score (nSPS) is 10.1. The van der Waals surface area contributed by atoms with Crippen molar-refractivity contribution in [1.82, 2.24) is 0 Å². The van der Waals surface area contributed by atoms with Crippen LogP contribution in [0.25, 0.3) is 0 Å². The van der Waals surface area contributed by atoms with Gasteiger partial charge in [-0.05, 0) is 31.2 Å². The van der Waals surface area contributed by atoms with Crippen LogP contribution in [-0.4, -0.2) is 26.3 Å². The fourth-order valence-electron chi connectivity index (χ4n) is 1.55. The number of rotatable bonds is 10. The molecule has 0 atom stereocenters. The fraction of sp³-hybridized carbons (Fsp3) is 0.500. The summed E-state index contributed by atoms with van der Waals surface area (Å²) in [5, 5.41) is 0. The first kappa shape index (κ1) is 13.7. The third kappa shape index (κ3) is 7.53. The average molecular weight is 236 g/mol. The molecule has 0 aliphatic carbocycles. The monoisotopic (exact) mass is 236 g/mol. The van der Waals surface area contributed by atoms with Gasteiger partial charge in [0.2, 0.25) is 0 Å². The maximum Gasteiger partial charge on any atom is 0.293 e. The highest BCUT2D eigenvalue weighted by molar-refractivity contribution is 5.36. The van der Waals surface area contributed by atoms with E-state index >= 15 is 0 Å². The molecule has 0 aliphatic heterocycles. The second-order valence-corrected chi connectivity index (χ2v) is 3.88. The van der Waals surface area contributed by atoms with Gasteiger partial charge in [0.05, 0.1) is 13.2 Å². The molecule has 0 spiro atoms. The number of hydrogen-bond acceptors (Lipinski definition) is 3. The van der Waals surface area contributed by atoms with Gasteiger partial charge in [0.15, 0.2) is 0 Å². The second-order valence-electron chi connectivity index (χ2n) is 3.88. The Bertz CT molecular complexity index is 285. The molecule has 0 aliphatic rings. The number of carbonyl (C=O) groups is 1. The Morgan fingerprint density at radius 2 is 1.71 bits per heavy atom. The minimum Gasteiger partial charge on any atom is -0.468 e. The summed E-state index contributed by atoms with van der Waals surface area (Å²) in [6.45, 7) is 2.58. The summed E-state index contributed by atoms with van der Waals surface area (Å²) in [5.74, 6) is 0. The molecule has 0 saturated carbocycles. The van der Waals surface area contributed by atoms with E-state index in [0.29, 0.717) is 13.1 Å². The highest BCUT2D eigenvalue weighted by atomic mass is 16.5. The molecule has 0 amide bonds. The van der Waals surface area contributed by atoms with Gasteiger partial charge in [0.25, 0.3) is 6.47 Å².